The molecule has 0 unspecified atom stereocenters. The van der Waals surface area contributed by atoms with Gasteiger partial charge in [0.15, 0.2) is 0 Å². The number of hydrogen-bond acceptors (Lipinski definition) is 6. The minimum Gasteiger partial charge on any atom is -0.443 e. The SMILES string of the molecule is CC(C)(C)OC(=O)N1Cc2c(-c3cnc4cc(F)ccn34)ccc([N+](=O)[O-])c2C1=O. The van der Waals surface area contributed by atoms with Crippen molar-refractivity contribution in [3.63, 3.8) is 0 Å². The van der Waals surface area contributed by atoms with E-state index in [9.17, 15) is 24.1 Å². The van der Waals surface area contributed by atoms with Gasteiger partial charge in [-0.1, -0.05) is 0 Å². The van der Waals surface area contributed by atoms with Crippen LogP contribution in [0.2, 0.25) is 0 Å². The molecular formula is C20H17FN4O5. The molecule has 3 aromatic rings. The van der Waals surface area contributed by atoms with Gasteiger partial charge in [0, 0.05) is 29.5 Å². The number of ether oxygens (including phenoxy) is 1. The van der Waals surface area contributed by atoms with Gasteiger partial charge in [0.1, 0.15) is 22.6 Å². The van der Waals surface area contributed by atoms with Gasteiger partial charge < -0.3 is 4.74 Å². The molecule has 4 rings (SSSR count). The summed E-state index contributed by atoms with van der Waals surface area (Å²) in [4.78, 5) is 41.3. The maximum atomic E-state index is 13.5. The smallest absolute Gasteiger partial charge is 0.417 e. The average Bonchev–Trinajstić information content (AvgIpc) is 3.21. The molecule has 0 N–H and O–H groups in total. The highest BCUT2D eigenvalue weighted by Gasteiger charge is 2.41. The highest BCUT2D eigenvalue weighted by atomic mass is 19.1. The van der Waals surface area contributed by atoms with E-state index in [1.165, 1.54) is 36.7 Å². The fourth-order valence-corrected chi connectivity index (χ4v) is 3.41. The number of nitro benzene ring substituents is 1. The summed E-state index contributed by atoms with van der Waals surface area (Å²) >= 11 is 0. The van der Waals surface area contributed by atoms with E-state index >= 15 is 0 Å². The van der Waals surface area contributed by atoms with Gasteiger partial charge in [-0.15, -0.1) is 0 Å². The summed E-state index contributed by atoms with van der Waals surface area (Å²) < 4.78 is 20.4. The number of imidazole rings is 1. The number of imide groups is 1. The summed E-state index contributed by atoms with van der Waals surface area (Å²) in [6, 6.07) is 5.21. The normalized spacial score (nSPS) is 13.6. The van der Waals surface area contributed by atoms with Gasteiger partial charge in [-0.2, -0.15) is 0 Å². The number of halogens is 1. The van der Waals surface area contributed by atoms with Crippen LogP contribution >= 0.6 is 0 Å². The molecule has 10 heteroatoms. The van der Waals surface area contributed by atoms with E-state index in [2.05, 4.69) is 4.98 Å². The van der Waals surface area contributed by atoms with Crippen LogP contribution in [0, 0.1) is 15.9 Å². The van der Waals surface area contributed by atoms with Crippen molar-refractivity contribution in [1.29, 1.82) is 0 Å². The lowest BCUT2D eigenvalue weighted by Crippen LogP contribution is -2.37. The third kappa shape index (κ3) is 3.15. The zero-order valence-corrected chi connectivity index (χ0v) is 16.4. The van der Waals surface area contributed by atoms with Crippen LogP contribution in [-0.4, -0.2) is 36.8 Å². The number of nitrogens with zero attached hydrogens (tertiary/aromatic N) is 4. The molecule has 0 aliphatic carbocycles. The van der Waals surface area contributed by atoms with Crippen LogP contribution in [0.4, 0.5) is 14.9 Å². The molecule has 30 heavy (non-hydrogen) atoms. The number of pyridine rings is 1. The van der Waals surface area contributed by atoms with Crippen LogP contribution in [0.1, 0.15) is 36.7 Å². The Morgan fingerprint density at radius 2 is 2.03 bits per heavy atom. The monoisotopic (exact) mass is 412 g/mol. The van der Waals surface area contributed by atoms with E-state index in [4.69, 9.17) is 4.74 Å². The first kappa shape index (κ1) is 19.5. The molecule has 0 saturated carbocycles. The van der Waals surface area contributed by atoms with Crippen molar-refractivity contribution >= 4 is 23.3 Å². The van der Waals surface area contributed by atoms with Crippen molar-refractivity contribution in [2.75, 3.05) is 0 Å². The van der Waals surface area contributed by atoms with E-state index in [-0.39, 0.29) is 12.1 Å². The van der Waals surface area contributed by atoms with Gasteiger partial charge in [0.25, 0.3) is 11.6 Å². The fourth-order valence-electron chi connectivity index (χ4n) is 3.41. The second-order valence-electron chi connectivity index (χ2n) is 7.83. The predicted molar refractivity (Wildman–Crippen MR) is 103 cm³/mol. The molecule has 2 aromatic heterocycles. The molecule has 0 spiro atoms. The predicted octanol–water partition coefficient (Wildman–Crippen LogP) is 3.94. The maximum Gasteiger partial charge on any atom is 0.417 e. The van der Waals surface area contributed by atoms with E-state index in [0.29, 0.717) is 22.5 Å². The number of carbonyl (C=O) groups excluding carboxylic acids is 2. The number of amides is 2. The van der Waals surface area contributed by atoms with Crippen LogP contribution in [0.3, 0.4) is 0 Å². The summed E-state index contributed by atoms with van der Waals surface area (Å²) in [5, 5.41) is 11.5. The first-order chi connectivity index (χ1) is 14.1. The first-order valence-electron chi connectivity index (χ1n) is 9.05. The van der Waals surface area contributed by atoms with Gasteiger partial charge in [-0.05, 0) is 32.9 Å². The largest absolute Gasteiger partial charge is 0.443 e. The number of carbonyl (C=O) groups is 2. The number of nitro groups is 1. The van der Waals surface area contributed by atoms with Crippen LogP contribution < -0.4 is 0 Å². The standard InChI is InChI=1S/C20H17FN4O5/c1-20(2,3)30-19(27)24-10-13-12(4-5-14(25(28)29)17(13)18(24)26)15-9-22-16-8-11(21)6-7-23(15)16/h4-9H,10H2,1-3H3. The zero-order valence-electron chi connectivity index (χ0n) is 16.4. The van der Waals surface area contributed by atoms with Gasteiger partial charge in [0.2, 0.25) is 0 Å². The molecule has 154 valence electrons. The lowest BCUT2D eigenvalue weighted by Gasteiger charge is -2.23. The molecule has 1 aliphatic heterocycles. The zero-order chi connectivity index (χ0) is 21.8. The minimum absolute atomic E-state index is 0.166. The van der Waals surface area contributed by atoms with Crippen LogP contribution in [0.25, 0.3) is 16.9 Å². The van der Waals surface area contributed by atoms with Crippen LogP contribution in [0.15, 0.2) is 36.7 Å². The lowest BCUT2D eigenvalue weighted by molar-refractivity contribution is -0.385. The molecule has 1 aliphatic rings. The summed E-state index contributed by atoms with van der Waals surface area (Å²) in [6.07, 6.45) is 2.07. The average molecular weight is 412 g/mol. The van der Waals surface area contributed by atoms with Crippen molar-refractivity contribution in [2.45, 2.75) is 32.9 Å². The molecule has 0 bridgehead atoms. The van der Waals surface area contributed by atoms with Gasteiger partial charge in [-0.25, -0.2) is 19.1 Å². The Kier molecular flexibility index (Phi) is 4.30. The lowest BCUT2D eigenvalue weighted by atomic mass is 9.99. The highest BCUT2D eigenvalue weighted by Crippen LogP contribution is 2.38. The molecule has 2 amide bonds. The number of rotatable bonds is 2. The number of aromatic nitrogens is 2. The van der Waals surface area contributed by atoms with Gasteiger partial charge >= 0.3 is 6.09 Å². The highest BCUT2D eigenvalue weighted by molar-refractivity contribution is 6.10. The number of benzene rings is 1. The third-order valence-electron chi connectivity index (χ3n) is 4.63. The van der Waals surface area contributed by atoms with Gasteiger partial charge in [0.05, 0.1) is 23.4 Å². The fraction of sp³-hybridized carbons (Fsp3) is 0.250. The quantitative estimate of drug-likeness (QED) is 0.466. The molecule has 3 heterocycles. The van der Waals surface area contributed by atoms with Crippen molar-refractivity contribution in [3.8, 4) is 11.3 Å². The molecule has 0 fully saturated rings. The topological polar surface area (TPSA) is 107 Å². The second kappa shape index (κ2) is 6.61. The molecule has 1 aromatic carbocycles. The van der Waals surface area contributed by atoms with Crippen molar-refractivity contribution in [2.24, 2.45) is 0 Å². The molecule has 9 nitrogen and oxygen atoms in total. The Hall–Kier alpha value is -3.82. The third-order valence-corrected chi connectivity index (χ3v) is 4.63. The van der Waals surface area contributed by atoms with E-state index in [1.54, 1.807) is 25.2 Å². The van der Waals surface area contributed by atoms with Crippen LogP contribution in [-0.2, 0) is 11.3 Å². The van der Waals surface area contributed by atoms with Gasteiger partial charge in [-0.3, -0.25) is 19.3 Å². The Morgan fingerprint density at radius 3 is 2.70 bits per heavy atom. The maximum absolute atomic E-state index is 13.5. The summed E-state index contributed by atoms with van der Waals surface area (Å²) in [7, 11) is 0. The second-order valence-corrected chi connectivity index (χ2v) is 7.83. The van der Waals surface area contributed by atoms with Crippen molar-refractivity contribution in [3.05, 3.63) is 63.7 Å². The number of hydrogen-bond donors (Lipinski definition) is 0. The Labute approximate surface area is 169 Å². The summed E-state index contributed by atoms with van der Waals surface area (Å²) in [6.45, 7) is 4.78. The Balaban J connectivity index is 1.87. The van der Waals surface area contributed by atoms with E-state index in [0.717, 1.165) is 4.90 Å². The first-order valence-corrected chi connectivity index (χ1v) is 9.05. The molecule has 0 atom stereocenters. The summed E-state index contributed by atoms with van der Waals surface area (Å²) in [5.74, 6) is -1.26. The molecular weight excluding hydrogens is 395 g/mol. The Bertz CT molecular complexity index is 1230. The Morgan fingerprint density at radius 1 is 1.30 bits per heavy atom. The summed E-state index contributed by atoms with van der Waals surface area (Å²) in [5.41, 5.74) is 0.234. The molecule has 0 radical (unpaired) electrons. The molecule has 0 saturated heterocycles. The number of fused-ring (bicyclic) bond motifs is 2. The van der Waals surface area contributed by atoms with Crippen molar-refractivity contribution in [1.82, 2.24) is 14.3 Å². The van der Waals surface area contributed by atoms with E-state index in [1.807, 2.05) is 0 Å². The van der Waals surface area contributed by atoms with Crippen molar-refractivity contribution < 1.29 is 23.6 Å². The van der Waals surface area contributed by atoms with E-state index < -0.39 is 34.0 Å². The minimum atomic E-state index is -0.885. The van der Waals surface area contributed by atoms with Crippen LogP contribution in [0.5, 0.6) is 0 Å².